The number of carbonyl (C=O) groups is 2. The molecule has 0 bridgehead atoms. The lowest BCUT2D eigenvalue weighted by Gasteiger charge is -2.32. The second-order valence-electron chi connectivity index (χ2n) is 7.42. The van der Waals surface area contributed by atoms with E-state index in [4.69, 9.17) is 4.74 Å². The molecule has 2 aliphatic heterocycles. The number of carbonyl (C=O) groups excluding carboxylic acids is 2. The van der Waals surface area contributed by atoms with Gasteiger partial charge in [0.2, 0.25) is 5.91 Å². The number of amides is 2. The van der Waals surface area contributed by atoms with Gasteiger partial charge in [-0.3, -0.25) is 9.59 Å². The van der Waals surface area contributed by atoms with Crippen LogP contribution in [0.25, 0.3) is 0 Å². The lowest BCUT2D eigenvalue weighted by molar-refractivity contribution is -0.131. The summed E-state index contributed by atoms with van der Waals surface area (Å²) in [5, 5.41) is 5.94. The second-order valence-corrected chi connectivity index (χ2v) is 7.42. The maximum absolute atomic E-state index is 13.0. The quantitative estimate of drug-likeness (QED) is 0.837. The molecule has 2 heterocycles. The number of hydrogen-bond acceptors (Lipinski definition) is 4. The third-order valence-corrected chi connectivity index (χ3v) is 5.88. The fourth-order valence-electron chi connectivity index (χ4n) is 4.55. The van der Waals surface area contributed by atoms with Crippen LogP contribution in [0.4, 0.5) is 0 Å². The minimum atomic E-state index is -0.217. The summed E-state index contributed by atoms with van der Waals surface area (Å²) in [6.07, 6.45) is 5.79. The first-order chi connectivity index (χ1) is 12.6. The molecule has 1 saturated heterocycles. The molecule has 6 heteroatoms. The van der Waals surface area contributed by atoms with Gasteiger partial charge in [-0.25, -0.2) is 5.01 Å². The Morgan fingerprint density at radius 1 is 1.15 bits per heavy atom. The van der Waals surface area contributed by atoms with Gasteiger partial charge in [0.25, 0.3) is 5.91 Å². The molecule has 138 valence electrons. The third kappa shape index (κ3) is 2.77. The normalized spacial score (nSPS) is 26.1. The standard InChI is InChI=1S/C20H25N3O3/c1-13(24)23-19(14-8-10-16(26-2)11-9-14)17-12-22(20(25)18(17)21-23)15-6-4-3-5-7-15/h8-11,15,17,19H,3-7,12H2,1-2H3/t17-,19-/m1/s1. The Labute approximate surface area is 153 Å². The van der Waals surface area contributed by atoms with Crippen molar-refractivity contribution in [2.45, 2.75) is 51.1 Å². The van der Waals surface area contributed by atoms with Gasteiger partial charge in [0, 0.05) is 19.5 Å². The fourth-order valence-corrected chi connectivity index (χ4v) is 4.55. The van der Waals surface area contributed by atoms with Gasteiger partial charge in [0.15, 0.2) is 0 Å². The van der Waals surface area contributed by atoms with Crippen LogP contribution in [0.15, 0.2) is 29.4 Å². The molecule has 0 aromatic heterocycles. The predicted octanol–water partition coefficient (Wildman–Crippen LogP) is 2.75. The van der Waals surface area contributed by atoms with Gasteiger partial charge >= 0.3 is 0 Å². The summed E-state index contributed by atoms with van der Waals surface area (Å²) in [7, 11) is 1.63. The largest absolute Gasteiger partial charge is 0.497 e. The summed E-state index contributed by atoms with van der Waals surface area (Å²) < 4.78 is 5.23. The molecular weight excluding hydrogens is 330 g/mol. The minimum Gasteiger partial charge on any atom is -0.497 e. The van der Waals surface area contributed by atoms with Gasteiger partial charge in [0.05, 0.1) is 19.1 Å². The average molecular weight is 355 g/mol. The lowest BCUT2D eigenvalue weighted by atomic mass is 9.91. The van der Waals surface area contributed by atoms with Crippen LogP contribution in [0.1, 0.15) is 50.6 Å². The third-order valence-electron chi connectivity index (χ3n) is 5.88. The number of hydrogen-bond donors (Lipinski definition) is 0. The van der Waals surface area contributed by atoms with Crippen LogP contribution in [0.5, 0.6) is 5.75 Å². The van der Waals surface area contributed by atoms with Crippen molar-refractivity contribution in [3.8, 4) is 5.75 Å². The van der Waals surface area contributed by atoms with Crippen LogP contribution in [0.2, 0.25) is 0 Å². The zero-order valence-corrected chi connectivity index (χ0v) is 15.4. The molecule has 0 spiro atoms. The molecular formula is C20H25N3O3. The lowest BCUT2D eigenvalue weighted by Crippen LogP contribution is -2.40. The van der Waals surface area contributed by atoms with Crippen molar-refractivity contribution < 1.29 is 14.3 Å². The fraction of sp³-hybridized carbons (Fsp3) is 0.550. The summed E-state index contributed by atoms with van der Waals surface area (Å²) in [4.78, 5) is 27.1. The first-order valence-electron chi connectivity index (χ1n) is 9.43. The summed E-state index contributed by atoms with van der Waals surface area (Å²) >= 11 is 0. The van der Waals surface area contributed by atoms with Gasteiger partial charge in [0.1, 0.15) is 11.5 Å². The second kappa shape index (κ2) is 6.74. The zero-order chi connectivity index (χ0) is 18.3. The molecule has 2 amide bonds. The van der Waals surface area contributed by atoms with E-state index >= 15 is 0 Å². The van der Waals surface area contributed by atoms with Crippen LogP contribution in [0, 0.1) is 5.92 Å². The maximum atomic E-state index is 13.0. The number of benzene rings is 1. The Morgan fingerprint density at radius 2 is 1.85 bits per heavy atom. The number of methoxy groups -OCH3 is 1. The van der Waals surface area contributed by atoms with E-state index in [0.29, 0.717) is 18.3 Å². The molecule has 26 heavy (non-hydrogen) atoms. The first-order valence-corrected chi connectivity index (χ1v) is 9.43. The van der Waals surface area contributed by atoms with E-state index in [1.165, 1.54) is 31.2 Å². The SMILES string of the molecule is COc1ccc([C@@H]2[C@@H]3CN(C4CCCCC4)C(=O)C3=NN2C(C)=O)cc1. The molecule has 0 radical (unpaired) electrons. The zero-order valence-electron chi connectivity index (χ0n) is 15.4. The van der Waals surface area contributed by atoms with Crippen molar-refractivity contribution in [2.75, 3.05) is 13.7 Å². The average Bonchev–Trinajstić information content (AvgIpc) is 3.20. The van der Waals surface area contributed by atoms with Gasteiger partial charge < -0.3 is 9.64 Å². The highest BCUT2D eigenvalue weighted by molar-refractivity contribution is 6.42. The minimum absolute atomic E-state index is 0.0177. The smallest absolute Gasteiger partial charge is 0.270 e. The highest BCUT2D eigenvalue weighted by Crippen LogP contribution is 2.41. The van der Waals surface area contributed by atoms with Gasteiger partial charge in [-0.05, 0) is 30.5 Å². The molecule has 1 aromatic carbocycles. The highest BCUT2D eigenvalue weighted by Gasteiger charge is 2.51. The highest BCUT2D eigenvalue weighted by atomic mass is 16.5. The Bertz CT molecular complexity index is 737. The van der Waals surface area contributed by atoms with E-state index in [1.807, 2.05) is 29.2 Å². The van der Waals surface area contributed by atoms with Crippen molar-refractivity contribution in [3.05, 3.63) is 29.8 Å². The van der Waals surface area contributed by atoms with Crippen molar-refractivity contribution in [1.29, 1.82) is 0 Å². The van der Waals surface area contributed by atoms with Gasteiger partial charge in [-0.2, -0.15) is 5.10 Å². The molecule has 6 nitrogen and oxygen atoms in total. The first kappa shape index (κ1) is 17.1. The Balaban J connectivity index is 1.64. The number of hydrazone groups is 1. The van der Waals surface area contributed by atoms with Crippen LogP contribution in [0.3, 0.4) is 0 Å². The van der Waals surface area contributed by atoms with Crippen molar-refractivity contribution in [3.63, 3.8) is 0 Å². The summed E-state index contributed by atoms with van der Waals surface area (Å²) in [5.74, 6) is 0.601. The van der Waals surface area contributed by atoms with E-state index in [1.54, 1.807) is 7.11 Å². The monoisotopic (exact) mass is 355 g/mol. The molecule has 2 fully saturated rings. The predicted molar refractivity (Wildman–Crippen MR) is 97.8 cm³/mol. The summed E-state index contributed by atoms with van der Waals surface area (Å²) in [5.41, 5.74) is 1.54. The van der Waals surface area contributed by atoms with Crippen LogP contribution >= 0.6 is 0 Å². The van der Waals surface area contributed by atoms with Crippen molar-refractivity contribution in [2.24, 2.45) is 11.0 Å². The van der Waals surface area contributed by atoms with Crippen LogP contribution in [-0.4, -0.2) is 47.1 Å². The molecule has 0 N–H and O–H groups in total. The van der Waals surface area contributed by atoms with Crippen molar-refractivity contribution in [1.82, 2.24) is 9.91 Å². The van der Waals surface area contributed by atoms with Gasteiger partial charge in [-0.15, -0.1) is 0 Å². The molecule has 4 rings (SSSR count). The van der Waals surface area contributed by atoms with E-state index in [9.17, 15) is 9.59 Å². The topological polar surface area (TPSA) is 62.2 Å². The van der Waals surface area contributed by atoms with Crippen LogP contribution < -0.4 is 4.74 Å². The van der Waals surface area contributed by atoms with Crippen LogP contribution in [-0.2, 0) is 9.59 Å². The Hall–Kier alpha value is -2.37. The Kier molecular flexibility index (Phi) is 4.42. The Morgan fingerprint density at radius 3 is 2.46 bits per heavy atom. The molecule has 1 saturated carbocycles. The van der Waals surface area contributed by atoms with Gasteiger partial charge in [-0.1, -0.05) is 31.4 Å². The van der Waals surface area contributed by atoms with Crippen molar-refractivity contribution >= 4 is 17.5 Å². The molecule has 3 aliphatic rings. The number of ether oxygens (including phenoxy) is 1. The summed E-state index contributed by atoms with van der Waals surface area (Å²) in [6, 6.07) is 7.82. The maximum Gasteiger partial charge on any atom is 0.270 e. The van der Waals surface area contributed by atoms with E-state index in [-0.39, 0.29) is 23.8 Å². The molecule has 2 atom stereocenters. The summed E-state index contributed by atoms with van der Waals surface area (Å²) in [6.45, 7) is 2.16. The van der Waals surface area contributed by atoms with E-state index in [0.717, 1.165) is 24.2 Å². The number of rotatable bonds is 3. The number of likely N-dealkylation sites (tertiary alicyclic amines) is 1. The molecule has 0 unspecified atom stereocenters. The number of nitrogens with zero attached hydrogens (tertiary/aromatic N) is 3. The molecule has 1 aliphatic carbocycles. The molecule has 1 aromatic rings. The van der Waals surface area contributed by atoms with E-state index < -0.39 is 0 Å². The number of fused-ring (bicyclic) bond motifs is 1. The van der Waals surface area contributed by atoms with E-state index in [2.05, 4.69) is 5.10 Å².